The normalized spacial score (nSPS) is 25.1. The zero-order valence-corrected chi connectivity index (χ0v) is 16.1. The van der Waals surface area contributed by atoms with Crippen LogP contribution in [-0.4, -0.2) is 41.0 Å². The van der Waals surface area contributed by atoms with Crippen LogP contribution in [0.3, 0.4) is 0 Å². The summed E-state index contributed by atoms with van der Waals surface area (Å²) in [5.41, 5.74) is 7.40. The van der Waals surface area contributed by atoms with E-state index in [0.29, 0.717) is 11.5 Å². The number of hydrogen-bond donors (Lipinski definition) is 1. The van der Waals surface area contributed by atoms with E-state index < -0.39 is 20.5 Å². The largest absolute Gasteiger partial charge is 0.497 e. The van der Waals surface area contributed by atoms with Crippen molar-refractivity contribution in [3.63, 3.8) is 0 Å². The molecule has 1 aliphatic rings. The van der Waals surface area contributed by atoms with Crippen LogP contribution in [0.15, 0.2) is 53.4 Å². The molecular formula is C20H25NO4S. The highest BCUT2D eigenvalue weighted by Gasteiger charge is 2.70. The Bertz CT molecular complexity index is 862. The predicted octanol–water partition coefficient (Wildman–Crippen LogP) is 2.53. The average Bonchev–Trinajstić information content (AvgIpc) is 3.32. The molecule has 1 fully saturated rings. The van der Waals surface area contributed by atoms with Crippen LogP contribution in [0.2, 0.25) is 0 Å². The smallest absolute Gasteiger partial charge is 0.182 e. The Kier molecular flexibility index (Phi) is 5.10. The molecule has 0 heterocycles. The van der Waals surface area contributed by atoms with Crippen LogP contribution in [0.4, 0.5) is 0 Å². The van der Waals surface area contributed by atoms with Crippen LogP contribution in [0.25, 0.3) is 0 Å². The molecule has 0 bridgehead atoms. The number of sulfone groups is 1. The maximum atomic E-state index is 13.3. The van der Waals surface area contributed by atoms with Gasteiger partial charge in [-0.15, -0.1) is 0 Å². The third kappa shape index (κ3) is 3.02. The molecule has 2 aromatic rings. The maximum Gasteiger partial charge on any atom is 0.182 e. The van der Waals surface area contributed by atoms with Crippen LogP contribution in [-0.2, 0) is 14.6 Å². The van der Waals surface area contributed by atoms with Gasteiger partial charge in [0.2, 0.25) is 0 Å². The van der Waals surface area contributed by atoms with E-state index in [1.54, 1.807) is 26.4 Å². The highest BCUT2D eigenvalue weighted by atomic mass is 32.2. The number of rotatable bonds is 7. The van der Waals surface area contributed by atoms with Gasteiger partial charge in [-0.1, -0.05) is 29.8 Å². The number of nitrogens with two attached hydrogens (primary N) is 1. The van der Waals surface area contributed by atoms with E-state index in [0.717, 1.165) is 16.9 Å². The van der Waals surface area contributed by atoms with Crippen molar-refractivity contribution in [2.24, 2.45) is 11.1 Å². The zero-order valence-electron chi connectivity index (χ0n) is 15.3. The first-order chi connectivity index (χ1) is 12.4. The Morgan fingerprint density at radius 2 is 1.65 bits per heavy atom. The first kappa shape index (κ1) is 18.9. The summed E-state index contributed by atoms with van der Waals surface area (Å²) >= 11 is 0. The van der Waals surface area contributed by atoms with E-state index in [9.17, 15) is 8.42 Å². The monoisotopic (exact) mass is 375 g/mol. The van der Waals surface area contributed by atoms with Crippen LogP contribution in [0.5, 0.6) is 5.75 Å². The zero-order chi connectivity index (χ0) is 18.9. The third-order valence-corrected chi connectivity index (χ3v) is 7.67. The van der Waals surface area contributed by atoms with Crippen molar-refractivity contribution in [3.05, 3.63) is 59.7 Å². The number of methoxy groups -OCH3 is 2. The Balaban J connectivity index is 2.03. The van der Waals surface area contributed by atoms with Crippen LogP contribution in [0.1, 0.15) is 17.0 Å². The number of hydrogen-bond acceptors (Lipinski definition) is 5. The molecule has 0 unspecified atom stereocenters. The topological polar surface area (TPSA) is 78.6 Å². The van der Waals surface area contributed by atoms with E-state index in [1.807, 2.05) is 43.3 Å². The second kappa shape index (κ2) is 7.02. The molecule has 0 aliphatic heterocycles. The summed E-state index contributed by atoms with van der Waals surface area (Å²) in [7, 11) is -0.346. The molecule has 6 heteroatoms. The molecule has 0 aromatic heterocycles. The summed E-state index contributed by atoms with van der Waals surface area (Å²) < 4.78 is 37.2. The van der Waals surface area contributed by atoms with Crippen LogP contribution >= 0.6 is 0 Å². The summed E-state index contributed by atoms with van der Waals surface area (Å²) in [4.78, 5) is 0.332. The van der Waals surface area contributed by atoms with Gasteiger partial charge < -0.3 is 15.2 Å². The van der Waals surface area contributed by atoms with Crippen molar-refractivity contribution in [1.82, 2.24) is 0 Å². The van der Waals surface area contributed by atoms with Gasteiger partial charge in [0.05, 0.1) is 23.9 Å². The van der Waals surface area contributed by atoms with Crippen LogP contribution in [0, 0.1) is 12.3 Å². The molecule has 0 radical (unpaired) electrons. The minimum Gasteiger partial charge on any atom is -0.497 e. The predicted molar refractivity (Wildman–Crippen MR) is 101 cm³/mol. The minimum absolute atomic E-state index is 0.204. The molecule has 0 amide bonds. The van der Waals surface area contributed by atoms with Crippen molar-refractivity contribution < 1.29 is 17.9 Å². The van der Waals surface area contributed by atoms with E-state index in [-0.39, 0.29) is 12.5 Å². The van der Waals surface area contributed by atoms with Crippen molar-refractivity contribution in [3.8, 4) is 5.75 Å². The van der Waals surface area contributed by atoms with Gasteiger partial charge in [0.15, 0.2) is 9.84 Å². The molecule has 5 nitrogen and oxygen atoms in total. The van der Waals surface area contributed by atoms with Gasteiger partial charge in [0.1, 0.15) is 5.75 Å². The first-order valence-corrected chi connectivity index (χ1v) is 10.1. The number of ether oxygens (including phenoxy) is 2. The Morgan fingerprint density at radius 1 is 1.04 bits per heavy atom. The second-order valence-corrected chi connectivity index (χ2v) is 8.97. The van der Waals surface area contributed by atoms with Gasteiger partial charge in [-0.2, -0.15) is 0 Å². The average molecular weight is 375 g/mol. The molecule has 1 saturated carbocycles. The second-order valence-electron chi connectivity index (χ2n) is 6.90. The van der Waals surface area contributed by atoms with Crippen molar-refractivity contribution in [1.29, 1.82) is 0 Å². The molecule has 26 heavy (non-hydrogen) atoms. The first-order valence-electron chi connectivity index (χ1n) is 8.54. The fourth-order valence-corrected chi connectivity index (χ4v) is 6.32. The van der Waals surface area contributed by atoms with E-state index in [2.05, 4.69) is 0 Å². The van der Waals surface area contributed by atoms with E-state index in [1.165, 1.54) is 0 Å². The molecule has 140 valence electrons. The summed E-state index contributed by atoms with van der Waals surface area (Å²) in [5, 5.41) is -0.601. The van der Waals surface area contributed by atoms with Crippen molar-refractivity contribution in [2.45, 2.75) is 23.0 Å². The number of benzene rings is 2. The number of aryl methyl sites for hydroxylation is 1. The van der Waals surface area contributed by atoms with Crippen molar-refractivity contribution in [2.75, 3.05) is 27.4 Å². The standard InChI is InChI=1S/C20H25NO4S/c1-14-4-10-17(11-5-14)26(22,23)19-18(20(19,12-21)13-24-2)15-6-8-16(25-3)9-7-15/h4-11,18-19H,12-13,21H2,1-3H3/t18-,19-,20-/m1/s1. The minimum atomic E-state index is -3.53. The molecule has 1 aliphatic carbocycles. The maximum absolute atomic E-state index is 13.3. The molecular weight excluding hydrogens is 350 g/mol. The van der Waals surface area contributed by atoms with Gasteiger partial charge in [0.25, 0.3) is 0 Å². The lowest BCUT2D eigenvalue weighted by Crippen LogP contribution is -2.28. The molecule has 2 aromatic carbocycles. The van der Waals surface area contributed by atoms with Gasteiger partial charge in [0, 0.05) is 25.0 Å². The molecule has 3 atom stereocenters. The fourth-order valence-electron chi connectivity index (χ4n) is 3.88. The Hall–Kier alpha value is -1.89. The summed E-state index contributed by atoms with van der Waals surface area (Å²) in [6, 6.07) is 14.5. The summed E-state index contributed by atoms with van der Waals surface area (Å²) in [6.45, 7) is 2.48. The lowest BCUT2D eigenvalue weighted by Gasteiger charge is -2.15. The van der Waals surface area contributed by atoms with E-state index >= 15 is 0 Å². The lowest BCUT2D eigenvalue weighted by molar-refractivity contribution is 0.142. The summed E-state index contributed by atoms with van der Waals surface area (Å²) in [6.07, 6.45) is 0. The van der Waals surface area contributed by atoms with Gasteiger partial charge in [-0.25, -0.2) is 8.42 Å². The molecule has 3 rings (SSSR count). The molecule has 2 N–H and O–H groups in total. The lowest BCUT2D eigenvalue weighted by atomic mass is 10.00. The Labute approximate surface area is 155 Å². The third-order valence-electron chi connectivity index (χ3n) is 5.33. The highest BCUT2D eigenvalue weighted by Crippen LogP contribution is 2.63. The molecule has 0 spiro atoms. The van der Waals surface area contributed by atoms with E-state index in [4.69, 9.17) is 15.2 Å². The fraction of sp³-hybridized carbons (Fsp3) is 0.400. The highest BCUT2D eigenvalue weighted by molar-refractivity contribution is 7.92. The quantitative estimate of drug-likeness (QED) is 0.805. The van der Waals surface area contributed by atoms with Gasteiger partial charge in [-0.3, -0.25) is 0 Å². The van der Waals surface area contributed by atoms with Crippen molar-refractivity contribution >= 4 is 9.84 Å². The van der Waals surface area contributed by atoms with Crippen LogP contribution < -0.4 is 10.5 Å². The Morgan fingerprint density at radius 3 is 2.15 bits per heavy atom. The summed E-state index contributed by atoms with van der Waals surface area (Å²) in [5.74, 6) is 0.530. The SMILES string of the molecule is COC[C@]1(CN)[C@H](c2ccc(OC)cc2)[C@H]1S(=O)(=O)c1ccc(C)cc1. The molecule has 0 saturated heterocycles. The van der Waals surface area contributed by atoms with Gasteiger partial charge in [-0.05, 0) is 36.8 Å². The van der Waals surface area contributed by atoms with Gasteiger partial charge >= 0.3 is 0 Å².